The molecule has 0 atom stereocenters. The van der Waals surface area contributed by atoms with Crippen molar-refractivity contribution < 1.29 is 5.11 Å². The molecule has 86 valence electrons. The molecule has 1 fully saturated rings. The van der Waals surface area contributed by atoms with Crippen LogP contribution in [0.3, 0.4) is 0 Å². The summed E-state index contributed by atoms with van der Waals surface area (Å²) in [6.07, 6.45) is 7.07. The Kier molecular flexibility index (Phi) is 3.45. The minimum absolute atomic E-state index is 0.584. The van der Waals surface area contributed by atoms with E-state index >= 15 is 0 Å². The van der Waals surface area contributed by atoms with E-state index in [-0.39, 0.29) is 0 Å². The molecule has 1 aromatic carbocycles. The standard InChI is InChI=1S/C15H20O/c1-2-6-13-9-11-15(16,12-10-13)14-7-4-3-5-8-14/h2-5,7-8,13,16H,1,6,9-12H2/t13-,15-. The molecule has 0 aliphatic heterocycles. The Bertz CT molecular complexity index is 334. The van der Waals surface area contributed by atoms with Gasteiger partial charge in [-0.05, 0) is 43.6 Å². The summed E-state index contributed by atoms with van der Waals surface area (Å²) in [4.78, 5) is 0. The summed E-state index contributed by atoms with van der Waals surface area (Å²) in [6.45, 7) is 3.79. The van der Waals surface area contributed by atoms with Gasteiger partial charge in [0.15, 0.2) is 0 Å². The van der Waals surface area contributed by atoms with Gasteiger partial charge in [0.25, 0.3) is 0 Å². The Morgan fingerprint density at radius 2 is 1.88 bits per heavy atom. The number of rotatable bonds is 3. The minimum Gasteiger partial charge on any atom is -0.385 e. The number of benzene rings is 1. The Balaban J connectivity index is 2.04. The molecule has 1 aromatic rings. The molecule has 0 amide bonds. The highest BCUT2D eigenvalue weighted by molar-refractivity contribution is 5.22. The van der Waals surface area contributed by atoms with Crippen LogP contribution < -0.4 is 0 Å². The minimum atomic E-state index is -0.584. The zero-order valence-electron chi connectivity index (χ0n) is 9.73. The van der Waals surface area contributed by atoms with Gasteiger partial charge < -0.3 is 5.11 Å². The summed E-state index contributed by atoms with van der Waals surface area (Å²) in [5.74, 6) is 0.724. The average Bonchev–Trinajstić information content (AvgIpc) is 2.34. The van der Waals surface area contributed by atoms with Crippen molar-refractivity contribution in [2.45, 2.75) is 37.7 Å². The average molecular weight is 216 g/mol. The van der Waals surface area contributed by atoms with E-state index in [9.17, 15) is 5.11 Å². The van der Waals surface area contributed by atoms with Gasteiger partial charge in [-0.25, -0.2) is 0 Å². The van der Waals surface area contributed by atoms with Crippen LogP contribution >= 0.6 is 0 Å². The molecule has 0 radical (unpaired) electrons. The maximum absolute atomic E-state index is 10.6. The summed E-state index contributed by atoms with van der Waals surface area (Å²) >= 11 is 0. The summed E-state index contributed by atoms with van der Waals surface area (Å²) in [5, 5.41) is 10.6. The highest BCUT2D eigenvalue weighted by Gasteiger charge is 2.33. The molecule has 1 saturated carbocycles. The van der Waals surface area contributed by atoms with Gasteiger partial charge >= 0.3 is 0 Å². The van der Waals surface area contributed by atoms with Gasteiger partial charge in [0, 0.05) is 0 Å². The highest BCUT2D eigenvalue weighted by atomic mass is 16.3. The highest BCUT2D eigenvalue weighted by Crippen LogP contribution is 2.40. The molecule has 1 N–H and O–H groups in total. The fraction of sp³-hybridized carbons (Fsp3) is 0.467. The lowest BCUT2D eigenvalue weighted by molar-refractivity contribution is -0.0138. The molecule has 0 aromatic heterocycles. The van der Waals surface area contributed by atoms with Crippen molar-refractivity contribution in [1.82, 2.24) is 0 Å². The summed E-state index contributed by atoms with van der Waals surface area (Å²) < 4.78 is 0. The summed E-state index contributed by atoms with van der Waals surface area (Å²) in [6, 6.07) is 10.1. The monoisotopic (exact) mass is 216 g/mol. The molecule has 0 unspecified atom stereocenters. The third-order valence-corrected chi connectivity index (χ3v) is 3.74. The molecule has 0 bridgehead atoms. The third-order valence-electron chi connectivity index (χ3n) is 3.74. The lowest BCUT2D eigenvalue weighted by atomic mass is 9.74. The molecular formula is C15H20O. The van der Waals surface area contributed by atoms with Crippen molar-refractivity contribution in [1.29, 1.82) is 0 Å². The fourth-order valence-corrected chi connectivity index (χ4v) is 2.66. The first-order valence-electron chi connectivity index (χ1n) is 6.13. The topological polar surface area (TPSA) is 20.2 Å². The van der Waals surface area contributed by atoms with Gasteiger partial charge in [0.1, 0.15) is 0 Å². The number of allylic oxidation sites excluding steroid dienone is 1. The Hall–Kier alpha value is -1.08. The normalized spacial score (nSPS) is 29.9. The maximum atomic E-state index is 10.6. The van der Waals surface area contributed by atoms with E-state index in [1.165, 1.54) is 0 Å². The Morgan fingerprint density at radius 1 is 1.25 bits per heavy atom. The molecular weight excluding hydrogens is 196 g/mol. The van der Waals surface area contributed by atoms with Crippen molar-refractivity contribution in [3.05, 3.63) is 48.6 Å². The van der Waals surface area contributed by atoms with Crippen LogP contribution in [-0.4, -0.2) is 5.11 Å². The fourth-order valence-electron chi connectivity index (χ4n) is 2.66. The molecule has 1 aliphatic carbocycles. The molecule has 0 spiro atoms. The van der Waals surface area contributed by atoms with E-state index in [0.29, 0.717) is 0 Å². The third kappa shape index (κ3) is 2.35. The van der Waals surface area contributed by atoms with Crippen molar-refractivity contribution in [3.8, 4) is 0 Å². The molecule has 0 saturated heterocycles. The maximum Gasteiger partial charge on any atom is 0.0896 e. The lowest BCUT2D eigenvalue weighted by Crippen LogP contribution is -2.31. The second-order valence-electron chi connectivity index (χ2n) is 4.87. The molecule has 16 heavy (non-hydrogen) atoms. The van der Waals surface area contributed by atoms with Crippen molar-refractivity contribution >= 4 is 0 Å². The van der Waals surface area contributed by atoms with Gasteiger partial charge in [-0.1, -0.05) is 36.4 Å². The second kappa shape index (κ2) is 4.84. The molecule has 1 aliphatic rings. The van der Waals surface area contributed by atoms with Gasteiger partial charge in [0.2, 0.25) is 0 Å². The summed E-state index contributed by atoms with van der Waals surface area (Å²) in [5.41, 5.74) is 0.492. The molecule has 0 heterocycles. The van der Waals surface area contributed by atoms with Crippen LogP contribution in [-0.2, 0) is 5.60 Å². The van der Waals surface area contributed by atoms with Crippen LogP contribution in [0.4, 0.5) is 0 Å². The molecule has 1 nitrogen and oxygen atoms in total. The van der Waals surface area contributed by atoms with E-state index in [1.54, 1.807) is 0 Å². The van der Waals surface area contributed by atoms with Gasteiger partial charge in [0.05, 0.1) is 5.60 Å². The van der Waals surface area contributed by atoms with Gasteiger partial charge in [-0.2, -0.15) is 0 Å². The van der Waals surface area contributed by atoms with E-state index < -0.39 is 5.60 Å². The predicted molar refractivity (Wildman–Crippen MR) is 67.1 cm³/mol. The Morgan fingerprint density at radius 3 is 2.44 bits per heavy atom. The van der Waals surface area contributed by atoms with Gasteiger partial charge in [-0.15, -0.1) is 6.58 Å². The van der Waals surface area contributed by atoms with E-state index in [1.807, 2.05) is 36.4 Å². The van der Waals surface area contributed by atoms with Crippen LogP contribution in [0.1, 0.15) is 37.7 Å². The second-order valence-corrected chi connectivity index (χ2v) is 4.87. The van der Waals surface area contributed by atoms with Crippen molar-refractivity contribution in [3.63, 3.8) is 0 Å². The van der Waals surface area contributed by atoms with Crippen molar-refractivity contribution in [2.75, 3.05) is 0 Å². The largest absolute Gasteiger partial charge is 0.385 e. The quantitative estimate of drug-likeness (QED) is 0.765. The first-order valence-corrected chi connectivity index (χ1v) is 6.13. The van der Waals surface area contributed by atoms with Crippen LogP contribution in [0.2, 0.25) is 0 Å². The SMILES string of the molecule is C=CC[C@H]1CC[C@@](O)(c2ccccc2)CC1. The summed E-state index contributed by atoms with van der Waals surface area (Å²) in [7, 11) is 0. The lowest BCUT2D eigenvalue weighted by Gasteiger charge is -2.36. The zero-order valence-corrected chi connectivity index (χ0v) is 9.73. The van der Waals surface area contributed by atoms with E-state index in [2.05, 4.69) is 6.58 Å². The first-order chi connectivity index (χ1) is 7.74. The van der Waals surface area contributed by atoms with Crippen LogP contribution in [0, 0.1) is 5.92 Å². The van der Waals surface area contributed by atoms with E-state index in [0.717, 1.165) is 43.6 Å². The Labute approximate surface area is 97.8 Å². The van der Waals surface area contributed by atoms with Crippen molar-refractivity contribution in [2.24, 2.45) is 5.92 Å². The molecule has 2 rings (SSSR count). The molecule has 1 heteroatoms. The van der Waals surface area contributed by atoms with Gasteiger partial charge in [-0.3, -0.25) is 0 Å². The smallest absolute Gasteiger partial charge is 0.0896 e. The predicted octanol–water partition coefficient (Wildman–Crippen LogP) is 3.64. The number of hydrogen-bond donors (Lipinski definition) is 1. The van der Waals surface area contributed by atoms with E-state index in [4.69, 9.17) is 0 Å². The first kappa shape index (κ1) is 11.4. The number of aliphatic hydroxyl groups is 1. The number of hydrogen-bond acceptors (Lipinski definition) is 1. The van der Waals surface area contributed by atoms with Crippen LogP contribution in [0.5, 0.6) is 0 Å². The van der Waals surface area contributed by atoms with Crippen LogP contribution in [0.25, 0.3) is 0 Å². The zero-order chi connectivity index (χ0) is 11.4. The van der Waals surface area contributed by atoms with Crippen LogP contribution in [0.15, 0.2) is 43.0 Å².